The van der Waals surface area contributed by atoms with Crippen LogP contribution in [0.2, 0.25) is 0 Å². The van der Waals surface area contributed by atoms with E-state index in [1.165, 1.54) is 308 Å². The Kier molecular flexibility index (Phi) is 60.7. The summed E-state index contributed by atoms with van der Waals surface area (Å²) in [7, 11) is 0. The predicted octanol–water partition coefficient (Wildman–Crippen LogP) is 21.6. The third kappa shape index (κ3) is 57.5. The van der Waals surface area contributed by atoms with Gasteiger partial charge in [-0.3, -0.25) is 4.79 Å². The van der Waals surface area contributed by atoms with Gasteiger partial charge >= 0.3 is 0 Å². The number of hydrogen-bond donors (Lipinski definition) is 3. The third-order valence-electron chi connectivity index (χ3n) is 15.1. The van der Waals surface area contributed by atoms with Gasteiger partial charge in [0.05, 0.1) is 18.8 Å². The Labute approximate surface area is 440 Å². The van der Waals surface area contributed by atoms with Crippen LogP contribution >= 0.6 is 0 Å². The first-order chi connectivity index (χ1) is 34.7. The van der Waals surface area contributed by atoms with Gasteiger partial charge in [0, 0.05) is 6.42 Å². The van der Waals surface area contributed by atoms with Gasteiger partial charge in [0.1, 0.15) is 0 Å². The molecule has 0 bridgehead atoms. The van der Waals surface area contributed by atoms with Crippen molar-refractivity contribution < 1.29 is 15.0 Å². The van der Waals surface area contributed by atoms with Crippen LogP contribution in [-0.4, -0.2) is 34.9 Å². The van der Waals surface area contributed by atoms with E-state index in [4.69, 9.17) is 0 Å². The molecular weight excluding hydrogens is 855 g/mol. The van der Waals surface area contributed by atoms with Crippen LogP contribution in [0.1, 0.15) is 361 Å². The molecular formula is C66H127NO3. The molecule has 0 fully saturated rings. The number of amides is 1. The van der Waals surface area contributed by atoms with Crippen LogP contribution in [0.15, 0.2) is 36.5 Å². The molecule has 0 spiro atoms. The minimum absolute atomic E-state index is 0.0670. The Morgan fingerprint density at radius 3 is 0.829 bits per heavy atom. The molecule has 0 rings (SSSR count). The van der Waals surface area contributed by atoms with Crippen molar-refractivity contribution in [3.63, 3.8) is 0 Å². The quantitative estimate of drug-likeness (QED) is 0.0420. The third-order valence-corrected chi connectivity index (χ3v) is 15.1. The number of aliphatic hydroxyl groups is 2. The zero-order valence-corrected chi connectivity index (χ0v) is 47.8. The fourth-order valence-electron chi connectivity index (χ4n) is 10.2. The smallest absolute Gasteiger partial charge is 0.220 e. The van der Waals surface area contributed by atoms with Crippen LogP contribution in [0.5, 0.6) is 0 Å². The predicted molar refractivity (Wildman–Crippen MR) is 313 cm³/mol. The highest BCUT2D eigenvalue weighted by molar-refractivity contribution is 5.76. The number of hydrogen-bond acceptors (Lipinski definition) is 3. The second kappa shape index (κ2) is 61.9. The maximum atomic E-state index is 12.5. The largest absolute Gasteiger partial charge is 0.394 e. The molecule has 4 heteroatoms. The summed E-state index contributed by atoms with van der Waals surface area (Å²) in [6.07, 6.45) is 85.0. The minimum atomic E-state index is -0.862. The van der Waals surface area contributed by atoms with Gasteiger partial charge in [-0.05, 0) is 57.8 Å². The number of aliphatic hydroxyl groups excluding tert-OH is 2. The molecule has 0 saturated carbocycles. The van der Waals surface area contributed by atoms with Crippen molar-refractivity contribution in [3.8, 4) is 0 Å². The Hall–Kier alpha value is -1.39. The molecule has 70 heavy (non-hydrogen) atoms. The maximum Gasteiger partial charge on any atom is 0.220 e. The molecule has 0 aromatic rings. The second-order valence-corrected chi connectivity index (χ2v) is 22.2. The van der Waals surface area contributed by atoms with Crippen molar-refractivity contribution in [2.24, 2.45) is 0 Å². The van der Waals surface area contributed by atoms with Gasteiger partial charge in [-0.2, -0.15) is 0 Å². The highest BCUT2D eigenvalue weighted by atomic mass is 16.3. The number of rotatable bonds is 60. The van der Waals surface area contributed by atoms with Crippen LogP contribution in [0.4, 0.5) is 0 Å². The van der Waals surface area contributed by atoms with E-state index in [1.54, 1.807) is 6.08 Å². The molecule has 0 aliphatic heterocycles. The number of allylic oxidation sites excluding steroid dienone is 5. The molecule has 0 aliphatic rings. The van der Waals surface area contributed by atoms with E-state index in [1.807, 2.05) is 6.08 Å². The van der Waals surface area contributed by atoms with E-state index in [9.17, 15) is 15.0 Å². The lowest BCUT2D eigenvalue weighted by atomic mass is 10.0. The van der Waals surface area contributed by atoms with Gasteiger partial charge in [-0.25, -0.2) is 0 Å². The van der Waals surface area contributed by atoms with Crippen LogP contribution < -0.4 is 5.32 Å². The topological polar surface area (TPSA) is 69.6 Å². The number of carbonyl (C=O) groups is 1. The van der Waals surface area contributed by atoms with E-state index in [0.717, 1.165) is 32.1 Å². The molecule has 1 amide bonds. The van der Waals surface area contributed by atoms with Crippen LogP contribution in [0, 0.1) is 0 Å². The van der Waals surface area contributed by atoms with E-state index in [2.05, 4.69) is 43.5 Å². The zero-order chi connectivity index (χ0) is 50.6. The summed E-state index contributed by atoms with van der Waals surface area (Å²) in [4.78, 5) is 12.5. The molecule has 0 radical (unpaired) electrons. The molecule has 414 valence electrons. The van der Waals surface area contributed by atoms with Gasteiger partial charge in [-0.1, -0.05) is 333 Å². The van der Waals surface area contributed by atoms with E-state index >= 15 is 0 Å². The van der Waals surface area contributed by atoms with Gasteiger partial charge < -0.3 is 15.5 Å². The van der Waals surface area contributed by atoms with Gasteiger partial charge in [0.15, 0.2) is 0 Å². The molecule has 0 saturated heterocycles. The number of unbranched alkanes of at least 4 members (excludes halogenated alkanes) is 49. The molecule has 2 atom stereocenters. The summed E-state index contributed by atoms with van der Waals surface area (Å²) in [5.41, 5.74) is 0. The van der Waals surface area contributed by atoms with Crippen LogP contribution in [0.3, 0.4) is 0 Å². The average molecular weight is 983 g/mol. The Balaban J connectivity index is 3.47. The van der Waals surface area contributed by atoms with Crippen molar-refractivity contribution >= 4 is 5.91 Å². The average Bonchev–Trinajstić information content (AvgIpc) is 3.36. The highest BCUT2D eigenvalue weighted by Crippen LogP contribution is 2.18. The molecule has 0 heterocycles. The number of nitrogens with one attached hydrogen (secondary N) is 1. The minimum Gasteiger partial charge on any atom is -0.394 e. The monoisotopic (exact) mass is 982 g/mol. The Morgan fingerprint density at radius 1 is 0.329 bits per heavy atom. The zero-order valence-electron chi connectivity index (χ0n) is 47.8. The lowest BCUT2D eigenvalue weighted by Crippen LogP contribution is -2.45. The van der Waals surface area contributed by atoms with Gasteiger partial charge in [0.25, 0.3) is 0 Å². The van der Waals surface area contributed by atoms with Gasteiger partial charge in [-0.15, -0.1) is 0 Å². The fraction of sp³-hybridized carbons (Fsp3) is 0.894. The normalized spacial score (nSPS) is 12.9. The summed E-state index contributed by atoms with van der Waals surface area (Å²) in [5.74, 6) is -0.0670. The second-order valence-electron chi connectivity index (χ2n) is 22.2. The van der Waals surface area contributed by atoms with Crippen molar-refractivity contribution in [3.05, 3.63) is 36.5 Å². The summed E-state index contributed by atoms with van der Waals surface area (Å²) in [6.45, 7) is 4.34. The molecule has 0 aromatic carbocycles. The first-order valence-corrected chi connectivity index (χ1v) is 32.2. The van der Waals surface area contributed by atoms with E-state index in [-0.39, 0.29) is 12.5 Å². The Morgan fingerprint density at radius 2 is 0.557 bits per heavy atom. The van der Waals surface area contributed by atoms with Crippen molar-refractivity contribution in [2.45, 2.75) is 373 Å². The van der Waals surface area contributed by atoms with E-state index in [0.29, 0.717) is 6.42 Å². The van der Waals surface area contributed by atoms with E-state index < -0.39 is 12.1 Å². The summed E-state index contributed by atoms with van der Waals surface area (Å²) < 4.78 is 0. The fourth-order valence-corrected chi connectivity index (χ4v) is 10.2. The first-order valence-electron chi connectivity index (χ1n) is 32.2. The van der Waals surface area contributed by atoms with Crippen molar-refractivity contribution in [1.29, 1.82) is 0 Å². The lowest BCUT2D eigenvalue weighted by molar-refractivity contribution is -0.123. The molecule has 0 aromatic heterocycles. The molecule has 0 aliphatic carbocycles. The number of carbonyl (C=O) groups excluding carboxylic acids is 1. The summed E-state index contributed by atoms with van der Waals surface area (Å²) in [5, 5.41) is 23.2. The van der Waals surface area contributed by atoms with Crippen LogP contribution in [0.25, 0.3) is 0 Å². The summed E-state index contributed by atoms with van der Waals surface area (Å²) >= 11 is 0. The molecule has 4 nitrogen and oxygen atoms in total. The first kappa shape index (κ1) is 68.6. The van der Waals surface area contributed by atoms with Gasteiger partial charge in [0.2, 0.25) is 5.91 Å². The van der Waals surface area contributed by atoms with Crippen molar-refractivity contribution in [1.82, 2.24) is 5.32 Å². The maximum absolute atomic E-state index is 12.5. The molecule has 2 unspecified atom stereocenters. The Bertz CT molecular complexity index is 1070. The highest BCUT2D eigenvalue weighted by Gasteiger charge is 2.18. The van der Waals surface area contributed by atoms with Crippen molar-refractivity contribution in [2.75, 3.05) is 6.61 Å². The SMILES string of the molecule is CCCCCCCCCC/C=C\CCCCCCCCCCCCCCCCCCCC(=O)NC(CO)C(O)/C=C/CC/C=C/CCCCCCCCCCCCCCCCCCCCCCCCC. The molecule has 3 N–H and O–H groups in total. The lowest BCUT2D eigenvalue weighted by Gasteiger charge is -2.19. The standard InChI is InChI=1S/C66H127NO3/c1-3-5-7-9-11-13-15-17-19-21-23-25-27-29-31-33-35-37-39-41-43-45-47-49-51-53-55-57-59-61-65(69)64(63-68)67-66(70)62-60-58-56-54-52-50-48-46-44-42-40-38-36-34-32-30-28-26-24-22-20-18-16-14-12-10-8-6-4-2/h22,24,51,53,59,61,64-65,68-69H,3-21,23,25-50,52,54-58,60,62-63H2,1-2H3,(H,67,70)/b24-22-,53-51+,61-59+. The van der Waals surface area contributed by atoms with Crippen LogP contribution in [-0.2, 0) is 4.79 Å². The summed E-state index contributed by atoms with van der Waals surface area (Å²) in [6, 6.07) is -0.639.